The molecule has 3 amide bonds. The lowest BCUT2D eigenvalue weighted by Crippen LogP contribution is -2.40. The Hall–Kier alpha value is -3.19. The molecule has 2 aromatic carbocycles. The predicted octanol–water partition coefficient (Wildman–Crippen LogP) is 5.01. The van der Waals surface area contributed by atoms with E-state index in [9.17, 15) is 9.59 Å². The van der Waals surface area contributed by atoms with E-state index in [4.69, 9.17) is 0 Å². The maximum Gasteiger partial charge on any atom is 0.319 e. The van der Waals surface area contributed by atoms with E-state index in [0.29, 0.717) is 24.2 Å². The van der Waals surface area contributed by atoms with Crippen LogP contribution in [0.1, 0.15) is 42.4 Å². The maximum absolute atomic E-state index is 12.3. The molecule has 0 bridgehead atoms. The SMILES string of the molecule is Cc1ccc(-c2nc(CCNC(=O)Nc3cccc(C(=O)NC(C)(C)C)c3)cs2)cc1. The van der Waals surface area contributed by atoms with Gasteiger partial charge in [-0.25, -0.2) is 9.78 Å². The number of nitrogens with zero attached hydrogens (tertiary/aromatic N) is 1. The maximum atomic E-state index is 12.3. The van der Waals surface area contributed by atoms with Gasteiger partial charge in [0, 0.05) is 40.7 Å². The van der Waals surface area contributed by atoms with Crippen molar-refractivity contribution in [3.8, 4) is 10.6 Å². The number of carbonyl (C=O) groups excluding carboxylic acids is 2. The standard InChI is InChI=1S/C24H28N4O2S/c1-16-8-10-17(11-9-16)22-26-20(15-31-22)12-13-25-23(30)27-19-7-5-6-18(14-19)21(29)28-24(2,3)4/h5-11,14-15H,12-13H2,1-4H3,(H,28,29)(H2,25,27,30). The molecule has 6 nitrogen and oxygen atoms in total. The average Bonchev–Trinajstić information content (AvgIpc) is 3.16. The van der Waals surface area contributed by atoms with Crippen LogP contribution < -0.4 is 16.0 Å². The molecular weight excluding hydrogens is 408 g/mol. The summed E-state index contributed by atoms with van der Waals surface area (Å²) in [7, 11) is 0. The smallest absolute Gasteiger partial charge is 0.319 e. The van der Waals surface area contributed by atoms with Crippen LogP contribution in [0.2, 0.25) is 0 Å². The zero-order valence-electron chi connectivity index (χ0n) is 18.3. The van der Waals surface area contributed by atoms with Crippen LogP contribution in [0.5, 0.6) is 0 Å². The van der Waals surface area contributed by atoms with E-state index < -0.39 is 0 Å². The number of hydrogen-bond acceptors (Lipinski definition) is 4. The Kier molecular flexibility index (Phi) is 7.07. The summed E-state index contributed by atoms with van der Waals surface area (Å²) in [4.78, 5) is 29.2. The lowest BCUT2D eigenvalue weighted by molar-refractivity contribution is 0.0919. The van der Waals surface area contributed by atoms with Gasteiger partial charge in [-0.05, 0) is 45.9 Å². The molecule has 0 fully saturated rings. The van der Waals surface area contributed by atoms with Gasteiger partial charge in [0.15, 0.2) is 0 Å². The van der Waals surface area contributed by atoms with Gasteiger partial charge in [0.05, 0.1) is 5.69 Å². The molecule has 0 unspecified atom stereocenters. The third kappa shape index (κ3) is 6.93. The van der Waals surface area contributed by atoms with Crippen LogP contribution in [0.3, 0.4) is 0 Å². The molecule has 31 heavy (non-hydrogen) atoms. The fourth-order valence-electron chi connectivity index (χ4n) is 2.88. The van der Waals surface area contributed by atoms with Crippen LogP contribution in [0.15, 0.2) is 53.9 Å². The lowest BCUT2D eigenvalue weighted by Gasteiger charge is -2.20. The van der Waals surface area contributed by atoms with Crippen molar-refractivity contribution in [1.82, 2.24) is 15.6 Å². The predicted molar refractivity (Wildman–Crippen MR) is 127 cm³/mol. The van der Waals surface area contributed by atoms with Gasteiger partial charge in [-0.2, -0.15) is 0 Å². The van der Waals surface area contributed by atoms with Crippen LogP contribution >= 0.6 is 11.3 Å². The molecular formula is C24H28N4O2S. The number of thiazole rings is 1. The minimum atomic E-state index is -0.326. The third-order valence-electron chi connectivity index (χ3n) is 4.39. The molecule has 0 saturated carbocycles. The van der Waals surface area contributed by atoms with Gasteiger partial charge in [-0.3, -0.25) is 4.79 Å². The Bertz CT molecular complexity index is 1050. The Morgan fingerprint density at radius 3 is 2.52 bits per heavy atom. The Morgan fingerprint density at radius 2 is 1.81 bits per heavy atom. The van der Waals surface area contributed by atoms with Gasteiger partial charge < -0.3 is 16.0 Å². The number of hydrogen-bond donors (Lipinski definition) is 3. The molecule has 162 valence electrons. The fourth-order valence-corrected chi connectivity index (χ4v) is 3.74. The highest BCUT2D eigenvalue weighted by molar-refractivity contribution is 7.13. The van der Waals surface area contributed by atoms with Gasteiger partial charge in [0.1, 0.15) is 5.01 Å². The van der Waals surface area contributed by atoms with Crippen molar-refractivity contribution >= 4 is 29.0 Å². The van der Waals surface area contributed by atoms with Crippen molar-refractivity contribution in [3.05, 3.63) is 70.7 Å². The summed E-state index contributed by atoms with van der Waals surface area (Å²) in [6.07, 6.45) is 0.643. The second kappa shape index (κ2) is 9.75. The minimum Gasteiger partial charge on any atom is -0.347 e. The summed E-state index contributed by atoms with van der Waals surface area (Å²) < 4.78 is 0. The molecule has 7 heteroatoms. The van der Waals surface area contributed by atoms with Crippen molar-refractivity contribution in [1.29, 1.82) is 0 Å². The van der Waals surface area contributed by atoms with Crippen molar-refractivity contribution in [2.45, 2.75) is 39.7 Å². The number of aromatic nitrogens is 1. The number of carbonyl (C=O) groups is 2. The minimum absolute atomic E-state index is 0.176. The van der Waals surface area contributed by atoms with Crippen LogP contribution in [0, 0.1) is 6.92 Å². The van der Waals surface area contributed by atoms with Crippen LogP contribution in [0.25, 0.3) is 10.6 Å². The molecule has 0 aliphatic heterocycles. The van der Waals surface area contributed by atoms with Crippen molar-refractivity contribution in [2.24, 2.45) is 0 Å². The molecule has 3 rings (SSSR count). The Morgan fingerprint density at radius 1 is 1.06 bits per heavy atom. The van der Waals surface area contributed by atoms with Crippen molar-refractivity contribution < 1.29 is 9.59 Å². The number of rotatable bonds is 6. The van der Waals surface area contributed by atoms with Gasteiger partial charge in [0.25, 0.3) is 5.91 Å². The summed E-state index contributed by atoms with van der Waals surface area (Å²) in [5.74, 6) is -0.176. The summed E-state index contributed by atoms with van der Waals surface area (Å²) in [6, 6.07) is 14.8. The van der Waals surface area contributed by atoms with Gasteiger partial charge in [0.2, 0.25) is 0 Å². The first-order valence-corrected chi connectivity index (χ1v) is 11.1. The fraction of sp³-hybridized carbons (Fsp3) is 0.292. The van der Waals surface area contributed by atoms with Crippen molar-refractivity contribution in [2.75, 3.05) is 11.9 Å². The number of amides is 3. The summed E-state index contributed by atoms with van der Waals surface area (Å²) in [6.45, 7) is 8.29. The zero-order valence-corrected chi connectivity index (χ0v) is 19.1. The first-order chi connectivity index (χ1) is 14.7. The molecule has 0 atom stereocenters. The zero-order chi connectivity index (χ0) is 22.4. The molecule has 0 aliphatic carbocycles. The van der Waals surface area contributed by atoms with Crippen molar-refractivity contribution in [3.63, 3.8) is 0 Å². The van der Waals surface area contributed by atoms with E-state index in [1.54, 1.807) is 35.6 Å². The van der Waals surface area contributed by atoms with E-state index in [0.717, 1.165) is 16.3 Å². The molecule has 0 aliphatic rings. The Labute approximate surface area is 187 Å². The van der Waals surface area contributed by atoms with E-state index in [1.165, 1.54) is 5.56 Å². The second-order valence-corrected chi connectivity index (χ2v) is 9.28. The van der Waals surface area contributed by atoms with E-state index >= 15 is 0 Å². The molecule has 0 saturated heterocycles. The monoisotopic (exact) mass is 436 g/mol. The summed E-state index contributed by atoms with van der Waals surface area (Å²) in [5.41, 5.74) is 4.00. The highest BCUT2D eigenvalue weighted by Crippen LogP contribution is 2.24. The number of aryl methyl sites for hydroxylation is 1. The molecule has 3 N–H and O–H groups in total. The Balaban J connectivity index is 1.49. The van der Waals surface area contributed by atoms with Gasteiger partial charge >= 0.3 is 6.03 Å². The number of anilines is 1. The quantitative estimate of drug-likeness (QED) is 0.508. The largest absolute Gasteiger partial charge is 0.347 e. The highest BCUT2D eigenvalue weighted by Gasteiger charge is 2.15. The molecule has 0 spiro atoms. The summed E-state index contributed by atoms with van der Waals surface area (Å²) in [5, 5.41) is 11.5. The van der Waals surface area contributed by atoms with Crippen LogP contribution in [-0.2, 0) is 6.42 Å². The average molecular weight is 437 g/mol. The van der Waals surface area contributed by atoms with E-state index in [-0.39, 0.29) is 17.5 Å². The third-order valence-corrected chi connectivity index (χ3v) is 5.33. The van der Waals surface area contributed by atoms with Crippen LogP contribution in [0.4, 0.5) is 10.5 Å². The van der Waals surface area contributed by atoms with Gasteiger partial charge in [-0.15, -0.1) is 11.3 Å². The highest BCUT2D eigenvalue weighted by atomic mass is 32.1. The number of benzene rings is 2. The first kappa shape index (κ1) is 22.5. The summed E-state index contributed by atoms with van der Waals surface area (Å²) >= 11 is 1.60. The van der Waals surface area contributed by atoms with Gasteiger partial charge in [-0.1, -0.05) is 35.9 Å². The number of urea groups is 1. The number of nitrogens with one attached hydrogen (secondary N) is 3. The molecule has 3 aromatic rings. The first-order valence-electron chi connectivity index (χ1n) is 10.2. The lowest BCUT2D eigenvalue weighted by atomic mass is 10.1. The van der Waals surface area contributed by atoms with E-state index in [2.05, 4.69) is 52.1 Å². The topological polar surface area (TPSA) is 83.1 Å². The molecule has 0 radical (unpaired) electrons. The molecule has 1 aromatic heterocycles. The normalized spacial score (nSPS) is 11.1. The molecule has 1 heterocycles. The van der Waals surface area contributed by atoms with E-state index in [1.807, 2.05) is 26.2 Å². The van der Waals surface area contributed by atoms with Crippen LogP contribution in [-0.4, -0.2) is 29.0 Å². The second-order valence-electron chi connectivity index (χ2n) is 8.43.